The third-order valence-corrected chi connectivity index (χ3v) is 4.80. The maximum Gasteiger partial charge on any atom is 0.322 e. The molecule has 0 saturated carbocycles. The highest BCUT2D eigenvalue weighted by Crippen LogP contribution is 2.31. The van der Waals surface area contributed by atoms with Crippen LogP contribution in [0.5, 0.6) is 0 Å². The van der Waals surface area contributed by atoms with Crippen molar-refractivity contribution in [3.63, 3.8) is 0 Å². The number of hydrogen-bond donors (Lipinski definition) is 2. The van der Waals surface area contributed by atoms with E-state index in [1.54, 1.807) is 0 Å². The molecule has 21 heavy (non-hydrogen) atoms. The Hall–Kier alpha value is -1.43. The normalized spacial score (nSPS) is 31.8. The molecule has 2 aliphatic heterocycles. The monoisotopic (exact) mass is 290 g/mol. The SMILES string of the molecule is CC(c1ccccc1)N1C[C@H]2C[C@@H](O)CN2C[C@H]1C(=O)O. The molecule has 114 valence electrons. The van der Waals surface area contributed by atoms with E-state index in [9.17, 15) is 15.0 Å². The molecule has 0 bridgehead atoms. The summed E-state index contributed by atoms with van der Waals surface area (Å²) < 4.78 is 0. The molecule has 0 radical (unpaired) electrons. The van der Waals surface area contributed by atoms with Gasteiger partial charge in [0.05, 0.1) is 6.10 Å². The first-order valence-electron chi connectivity index (χ1n) is 7.52. The van der Waals surface area contributed by atoms with E-state index < -0.39 is 12.0 Å². The Morgan fingerprint density at radius 2 is 1.95 bits per heavy atom. The highest BCUT2D eigenvalue weighted by Gasteiger charge is 2.43. The summed E-state index contributed by atoms with van der Waals surface area (Å²) >= 11 is 0. The van der Waals surface area contributed by atoms with Gasteiger partial charge >= 0.3 is 5.97 Å². The highest BCUT2D eigenvalue weighted by molar-refractivity contribution is 5.74. The van der Waals surface area contributed by atoms with Crippen molar-refractivity contribution < 1.29 is 15.0 Å². The lowest BCUT2D eigenvalue weighted by molar-refractivity contribution is -0.148. The summed E-state index contributed by atoms with van der Waals surface area (Å²) in [5, 5.41) is 19.4. The minimum Gasteiger partial charge on any atom is -0.480 e. The molecule has 2 fully saturated rings. The van der Waals surface area contributed by atoms with E-state index in [0.29, 0.717) is 19.6 Å². The van der Waals surface area contributed by atoms with E-state index in [0.717, 1.165) is 12.0 Å². The van der Waals surface area contributed by atoms with Crippen LogP contribution in [0.1, 0.15) is 24.9 Å². The molecule has 0 aromatic heterocycles. The summed E-state index contributed by atoms with van der Waals surface area (Å²) in [6.07, 6.45) is 0.418. The molecular weight excluding hydrogens is 268 g/mol. The first-order chi connectivity index (χ1) is 10.1. The molecular formula is C16H22N2O3. The Morgan fingerprint density at radius 1 is 1.24 bits per heavy atom. The van der Waals surface area contributed by atoms with E-state index in [4.69, 9.17) is 0 Å². The first kappa shape index (κ1) is 14.5. The van der Waals surface area contributed by atoms with Crippen LogP contribution < -0.4 is 0 Å². The van der Waals surface area contributed by atoms with Crippen LogP contribution in [0, 0.1) is 0 Å². The first-order valence-corrected chi connectivity index (χ1v) is 7.52. The second-order valence-corrected chi connectivity index (χ2v) is 6.13. The Labute approximate surface area is 124 Å². The van der Waals surface area contributed by atoms with Gasteiger partial charge in [-0.05, 0) is 18.9 Å². The number of aliphatic hydroxyl groups is 1. The second kappa shape index (κ2) is 5.75. The fourth-order valence-corrected chi connectivity index (χ4v) is 3.64. The van der Waals surface area contributed by atoms with Crippen LogP contribution in [0.15, 0.2) is 30.3 Å². The van der Waals surface area contributed by atoms with Gasteiger partial charge in [0.1, 0.15) is 6.04 Å². The van der Waals surface area contributed by atoms with Gasteiger partial charge in [-0.3, -0.25) is 14.6 Å². The fraction of sp³-hybridized carbons (Fsp3) is 0.562. The van der Waals surface area contributed by atoms with Gasteiger partial charge in [0.2, 0.25) is 0 Å². The molecule has 1 aromatic rings. The summed E-state index contributed by atoms with van der Waals surface area (Å²) in [6.45, 7) is 3.85. The number of piperazine rings is 1. The lowest BCUT2D eigenvalue weighted by Crippen LogP contribution is -2.59. The maximum absolute atomic E-state index is 11.6. The van der Waals surface area contributed by atoms with Gasteiger partial charge in [-0.15, -0.1) is 0 Å². The zero-order chi connectivity index (χ0) is 15.0. The molecule has 5 nitrogen and oxygen atoms in total. The molecule has 4 atom stereocenters. The second-order valence-electron chi connectivity index (χ2n) is 6.13. The smallest absolute Gasteiger partial charge is 0.322 e. The van der Waals surface area contributed by atoms with Crippen LogP contribution >= 0.6 is 0 Å². The van der Waals surface area contributed by atoms with E-state index in [1.807, 2.05) is 30.3 Å². The minimum absolute atomic E-state index is 0.0622. The number of carboxylic acid groups (broad SMARTS) is 1. The molecule has 2 saturated heterocycles. The summed E-state index contributed by atoms with van der Waals surface area (Å²) in [5.41, 5.74) is 1.13. The fourth-order valence-electron chi connectivity index (χ4n) is 3.64. The lowest BCUT2D eigenvalue weighted by atomic mass is 10.00. The van der Waals surface area contributed by atoms with Crippen molar-refractivity contribution in [1.82, 2.24) is 9.80 Å². The predicted octanol–water partition coefficient (Wildman–Crippen LogP) is 0.952. The molecule has 0 amide bonds. The van der Waals surface area contributed by atoms with Crippen LogP contribution in [-0.2, 0) is 4.79 Å². The predicted molar refractivity (Wildman–Crippen MR) is 79.0 cm³/mol. The van der Waals surface area contributed by atoms with Crippen LogP contribution in [0.3, 0.4) is 0 Å². The number of hydrogen-bond acceptors (Lipinski definition) is 4. The quantitative estimate of drug-likeness (QED) is 0.868. The van der Waals surface area contributed by atoms with Crippen molar-refractivity contribution >= 4 is 5.97 Å². The van der Waals surface area contributed by atoms with Gasteiger partial charge in [-0.2, -0.15) is 0 Å². The number of nitrogens with zero attached hydrogens (tertiary/aromatic N) is 2. The van der Waals surface area contributed by atoms with Crippen molar-refractivity contribution in [2.45, 2.75) is 37.6 Å². The number of carboxylic acids is 1. The van der Waals surface area contributed by atoms with Crippen molar-refractivity contribution in [2.24, 2.45) is 0 Å². The molecule has 2 N–H and O–H groups in total. The van der Waals surface area contributed by atoms with Crippen molar-refractivity contribution in [2.75, 3.05) is 19.6 Å². The molecule has 2 heterocycles. The Kier molecular flexibility index (Phi) is 3.97. The standard InChI is InChI=1S/C16H22N2O3/c1-11(12-5-3-2-4-6-12)18-8-13-7-14(19)9-17(13)10-15(18)16(20)21/h2-6,11,13-15,19H,7-10H2,1H3,(H,20,21)/t11?,13-,14-,15+/m1/s1. The lowest BCUT2D eigenvalue weighted by Gasteiger charge is -2.44. The molecule has 0 aliphatic carbocycles. The minimum atomic E-state index is -0.780. The van der Waals surface area contributed by atoms with Gasteiger partial charge in [0.15, 0.2) is 0 Å². The molecule has 0 spiro atoms. The zero-order valence-electron chi connectivity index (χ0n) is 12.2. The Balaban J connectivity index is 1.83. The maximum atomic E-state index is 11.6. The van der Waals surface area contributed by atoms with Crippen LogP contribution in [0.2, 0.25) is 0 Å². The highest BCUT2D eigenvalue weighted by atomic mass is 16.4. The van der Waals surface area contributed by atoms with E-state index in [2.05, 4.69) is 16.7 Å². The van der Waals surface area contributed by atoms with Gasteiger partial charge in [0.25, 0.3) is 0 Å². The number of rotatable bonds is 3. The van der Waals surface area contributed by atoms with Gasteiger partial charge in [0, 0.05) is 31.7 Å². The van der Waals surface area contributed by atoms with E-state index >= 15 is 0 Å². The molecule has 1 unspecified atom stereocenters. The Bertz CT molecular complexity index is 508. The largest absolute Gasteiger partial charge is 0.480 e. The number of aliphatic carboxylic acids is 1. The summed E-state index contributed by atoms with van der Waals surface area (Å²) in [4.78, 5) is 15.8. The average Bonchev–Trinajstić information content (AvgIpc) is 2.85. The zero-order valence-corrected chi connectivity index (χ0v) is 12.2. The third kappa shape index (κ3) is 2.81. The van der Waals surface area contributed by atoms with E-state index in [-0.39, 0.29) is 18.2 Å². The number of benzene rings is 1. The van der Waals surface area contributed by atoms with Crippen molar-refractivity contribution in [1.29, 1.82) is 0 Å². The molecule has 1 aromatic carbocycles. The molecule has 2 aliphatic rings. The molecule has 5 heteroatoms. The number of carbonyl (C=O) groups is 1. The van der Waals surface area contributed by atoms with Crippen molar-refractivity contribution in [3.05, 3.63) is 35.9 Å². The van der Waals surface area contributed by atoms with Crippen LogP contribution in [0.4, 0.5) is 0 Å². The number of aliphatic hydroxyl groups excluding tert-OH is 1. The molecule has 3 rings (SSSR count). The summed E-state index contributed by atoms with van der Waals surface area (Å²) in [6, 6.07) is 9.83. The average molecular weight is 290 g/mol. The van der Waals surface area contributed by atoms with Gasteiger partial charge in [-0.25, -0.2) is 0 Å². The van der Waals surface area contributed by atoms with Crippen molar-refractivity contribution in [3.8, 4) is 0 Å². The van der Waals surface area contributed by atoms with Gasteiger partial charge < -0.3 is 10.2 Å². The Morgan fingerprint density at radius 3 is 2.62 bits per heavy atom. The van der Waals surface area contributed by atoms with Gasteiger partial charge in [-0.1, -0.05) is 30.3 Å². The topological polar surface area (TPSA) is 64.0 Å². The van der Waals surface area contributed by atoms with Crippen LogP contribution in [-0.4, -0.2) is 63.8 Å². The third-order valence-electron chi connectivity index (χ3n) is 4.80. The number of fused-ring (bicyclic) bond motifs is 1. The summed E-state index contributed by atoms with van der Waals surface area (Å²) in [5.74, 6) is -0.780. The summed E-state index contributed by atoms with van der Waals surface area (Å²) in [7, 11) is 0. The van der Waals surface area contributed by atoms with E-state index in [1.165, 1.54) is 0 Å². The van der Waals surface area contributed by atoms with Crippen LogP contribution in [0.25, 0.3) is 0 Å².